The molecule has 2 nitrogen and oxygen atoms in total. The van der Waals surface area contributed by atoms with E-state index in [0.29, 0.717) is 17.8 Å². The van der Waals surface area contributed by atoms with Gasteiger partial charge in [-0.15, -0.1) is 0 Å². The first kappa shape index (κ1) is 16.0. The molecule has 1 aromatic carbocycles. The Bertz CT molecular complexity index is 512. The normalized spacial score (nSPS) is 25.9. The van der Waals surface area contributed by atoms with Gasteiger partial charge in [0.25, 0.3) is 5.91 Å². The quantitative estimate of drug-likeness (QED) is 0.882. The van der Waals surface area contributed by atoms with Crippen molar-refractivity contribution < 1.29 is 9.18 Å². The molecule has 1 aliphatic carbocycles. The summed E-state index contributed by atoms with van der Waals surface area (Å²) in [7, 11) is 0. The molecule has 0 aromatic heterocycles. The molecule has 3 atom stereocenters. The highest BCUT2D eigenvalue weighted by atomic mass is 19.1. The van der Waals surface area contributed by atoms with Crippen LogP contribution in [0.5, 0.6) is 0 Å². The fourth-order valence-corrected chi connectivity index (χ4v) is 3.43. The zero-order valence-corrected chi connectivity index (χ0v) is 13.4. The topological polar surface area (TPSA) is 29.1 Å². The highest BCUT2D eigenvalue weighted by molar-refractivity contribution is 5.94. The summed E-state index contributed by atoms with van der Waals surface area (Å²) in [5, 5.41) is 3.09. The number of carbonyl (C=O) groups excluding carboxylic acids is 1. The average molecular weight is 291 g/mol. The predicted molar refractivity (Wildman–Crippen MR) is 83.7 cm³/mol. The number of amides is 1. The number of rotatable bonds is 3. The van der Waals surface area contributed by atoms with Crippen LogP contribution in [-0.2, 0) is 0 Å². The second-order valence-corrected chi connectivity index (χ2v) is 6.89. The minimum absolute atomic E-state index is 0.154. The van der Waals surface area contributed by atoms with Gasteiger partial charge in [0.05, 0.1) is 5.56 Å². The van der Waals surface area contributed by atoms with Gasteiger partial charge in [-0.05, 0) is 49.7 Å². The lowest BCUT2D eigenvalue weighted by molar-refractivity contribution is 0.0864. The van der Waals surface area contributed by atoms with Crippen molar-refractivity contribution in [3.8, 4) is 0 Å². The molecule has 3 unspecified atom stereocenters. The van der Waals surface area contributed by atoms with Crippen molar-refractivity contribution in [2.75, 3.05) is 0 Å². The summed E-state index contributed by atoms with van der Waals surface area (Å²) in [6.45, 7) is 8.50. The van der Waals surface area contributed by atoms with Crippen LogP contribution in [0.1, 0.15) is 56.0 Å². The van der Waals surface area contributed by atoms with Crippen molar-refractivity contribution in [1.29, 1.82) is 0 Å². The van der Waals surface area contributed by atoms with Crippen LogP contribution in [0.4, 0.5) is 4.39 Å². The molecule has 116 valence electrons. The SMILES string of the molecule is Cc1ccc(F)c(C(=O)NC2CC(C)CCC2C(C)C)c1. The van der Waals surface area contributed by atoms with Crippen LogP contribution in [-0.4, -0.2) is 11.9 Å². The van der Waals surface area contributed by atoms with Crippen molar-refractivity contribution in [2.24, 2.45) is 17.8 Å². The minimum Gasteiger partial charge on any atom is -0.349 e. The first-order valence-electron chi connectivity index (χ1n) is 7.95. The third-order valence-electron chi connectivity index (χ3n) is 4.71. The molecule has 0 aliphatic heterocycles. The third-order valence-corrected chi connectivity index (χ3v) is 4.71. The van der Waals surface area contributed by atoms with E-state index >= 15 is 0 Å². The van der Waals surface area contributed by atoms with Crippen LogP contribution in [0, 0.1) is 30.5 Å². The van der Waals surface area contributed by atoms with Gasteiger partial charge in [-0.1, -0.05) is 38.8 Å². The number of aryl methyl sites for hydroxylation is 1. The van der Waals surface area contributed by atoms with Gasteiger partial charge in [0.2, 0.25) is 0 Å². The van der Waals surface area contributed by atoms with Gasteiger partial charge in [0, 0.05) is 6.04 Å². The van der Waals surface area contributed by atoms with E-state index in [1.807, 2.05) is 6.92 Å². The highest BCUT2D eigenvalue weighted by Crippen LogP contribution is 2.33. The summed E-state index contributed by atoms with van der Waals surface area (Å²) >= 11 is 0. The summed E-state index contributed by atoms with van der Waals surface area (Å²) in [4.78, 5) is 12.4. The van der Waals surface area contributed by atoms with E-state index in [2.05, 4.69) is 26.1 Å². The molecule has 0 bridgehead atoms. The molecule has 1 aromatic rings. The fourth-order valence-electron chi connectivity index (χ4n) is 3.43. The van der Waals surface area contributed by atoms with Crippen LogP contribution >= 0.6 is 0 Å². The average Bonchev–Trinajstić information content (AvgIpc) is 2.41. The molecule has 2 rings (SSSR count). The molecule has 3 heteroatoms. The van der Waals surface area contributed by atoms with Crippen LogP contribution in [0.3, 0.4) is 0 Å². The molecule has 0 heterocycles. The Morgan fingerprint density at radius 2 is 2.05 bits per heavy atom. The fraction of sp³-hybridized carbons (Fsp3) is 0.611. The summed E-state index contributed by atoms with van der Waals surface area (Å²) in [6.07, 6.45) is 3.34. The van der Waals surface area contributed by atoms with E-state index in [9.17, 15) is 9.18 Å². The molecule has 21 heavy (non-hydrogen) atoms. The van der Waals surface area contributed by atoms with Crippen molar-refractivity contribution in [2.45, 2.75) is 53.0 Å². The molecular weight excluding hydrogens is 265 g/mol. The van der Waals surface area contributed by atoms with E-state index < -0.39 is 5.82 Å². The number of hydrogen-bond acceptors (Lipinski definition) is 1. The largest absolute Gasteiger partial charge is 0.349 e. The van der Waals surface area contributed by atoms with E-state index in [4.69, 9.17) is 0 Å². The lowest BCUT2D eigenvalue weighted by atomic mass is 9.74. The second kappa shape index (κ2) is 6.59. The smallest absolute Gasteiger partial charge is 0.254 e. The Labute approximate surface area is 127 Å². The lowest BCUT2D eigenvalue weighted by Gasteiger charge is -2.37. The van der Waals surface area contributed by atoms with Crippen molar-refractivity contribution >= 4 is 5.91 Å². The Balaban J connectivity index is 2.14. The maximum atomic E-state index is 13.8. The maximum absolute atomic E-state index is 13.8. The number of halogens is 1. The summed E-state index contributed by atoms with van der Waals surface area (Å²) < 4.78 is 13.8. The Hall–Kier alpha value is -1.38. The molecule has 1 fully saturated rings. The Morgan fingerprint density at radius 3 is 2.71 bits per heavy atom. The third kappa shape index (κ3) is 3.84. The number of carbonyl (C=O) groups is 1. The minimum atomic E-state index is -0.442. The molecule has 1 saturated carbocycles. The summed E-state index contributed by atoms with van der Waals surface area (Å²) in [5.41, 5.74) is 1.06. The zero-order chi connectivity index (χ0) is 15.6. The molecule has 0 radical (unpaired) electrons. The number of nitrogens with one attached hydrogen (secondary N) is 1. The predicted octanol–water partition coefficient (Wildman–Crippen LogP) is 4.32. The van der Waals surface area contributed by atoms with E-state index in [0.717, 1.165) is 18.4 Å². The van der Waals surface area contributed by atoms with Gasteiger partial charge in [0.1, 0.15) is 5.82 Å². The molecule has 0 saturated heterocycles. The molecule has 0 spiro atoms. The van der Waals surface area contributed by atoms with Crippen molar-refractivity contribution in [3.63, 3.8) is 0 Å². The maximum Gasteiger partial charge on any atom is 0.254 e. The number of hydrogen-bond donors (Lipinski definition) is 1. The van der Waals surface area contributed by atoms with Gasteiger partial charge < -0.3 is 5.32 Å². The zero-order valence-electron chi connectivity index (χ0n) is 13.4. The van der Waals surface area contributed by atoms with E-state index in [1.165, 1.54) is 12.5 Å². The lowest BCUT2D eigenvalue weighted by Crippen LogP contribution is -2.45. The molecule has 1 aliphatic rings. The standard InChI is InChI=1S/C18H26FNO/c1-11(2)14-7-5-13(4)10-17(14)20-18(21)15-9-12(3)6-8-16(15)19/h6,8-9,11,13-14,17H,5,7,10H2,1-4H3,(H,20,21). The van der Waals surface area contributed by atoms with Gasteiger partial charge >= 0.3 is 0 Å². The monoisotopic (exact) mass is 291 g/mol. The van der Waals surface area contributed by atoms with Gasteiger partial charge in [-0.3, -0.25) is 4.79 Å². The Morgan fingerprint density at radius 1 is 1.33 bits per heavy atom. The second-order valence-electron chi connectivity index (χ2n) is 6.89. The van der Waals surface area contributed by atoms with E-state index in [1.54, 1.807) is 12.1 Å². The molecule has 1 amide bonds. The Kier molecular flexibility index (Phi) is 5.02. The number of benzene rings is 1. The molecule has 1 N–H and O–H groups in total. The summed E-state index contributed by atoms with van der Waals surface area (Å²) in [6, 6.07) is 4.84. The van der Waals surface area contributed by atoms with E-state index in [-0.39, 0.29) is 17.5 Å². The van der Waals surface area contributed by atoms with Gasteiger partial charge in [-0.2, -0.15) is 0 Å². The first-order valence-corrected chi connectivity index (χ1v) is 7.95. The highest BCUT2D eigenvalue weighted by Gasteiger charge is 2.32. The van der Waals surface area contributed by atoms with Gasteiger partial charge in [-0.25, -0.2) is 4.39 Å². The van der Waals surface area contributed by atoms with Crippen molar-refractivity contribution in [1.82, 2.24) is 5.32 Å². The van der Waals surface area contributed by atoms with Crippen molar-refractivity contribution in [3.05, 3.63) is 35.1 Å². The summed E-state index contributed by atoms with van der Waals surface area (Å²) in [5.74, 6) is 0.917. The molecular formula is C18H26FNO. The van der Waals surface area contributed by atoms with Gasteiger partial charge in [0.15, 0.2) is 0 Å². The van der Waals surface area contributed by atoms with Crippen LogP contribution < -0.4 is 5.32 Å². The first-order chi connectivity index (χ1) is 9.88. The van der Waals surface area contributed by atoms with Crippen LogP contribution in [0.2, 0.25) is 0 Å². The van der Waals surface area contributed by atoms with Crippen LogP contribution in [0.15, 0.2) is 18.2 Å². The van der Waals surface area contributed by atoms with Crippen LogP contribution in [0.25, 0.3) is 0 Å².